The lowest BCUT2D eigenvalue weighted by Crippen LogP contribution is -2.26. The second-order valence-electron chi connectivity index (χ2n) is 3.51. The van der Waals surface area contributed by atoms with Crippen LogP contribution in [-0.2, 0) is 13.0 Å². The molecule has 14 heavy (non-hydrogen) atoms. The van der Waals surface area contributed by atoms with Gasteiger partial charge in [-0.25, -0.2) is 9.97 Å². The number of anilines is 1. The van der Waals surface area contributed by atoms with Crippen LogP contribution in [0.1, 0.15) is 23.9 Å². The average molecular weight is 192 g/mol. The van der Waals surface area contributed by atoms with Gasteiger partial charge in [-0.3, -0.25) is 0 Å². The molecule has 0 atom stereocenters. The monoisotopic (exact) mass is 192 g/mol. The highest BCUT2D eigenvalue weighted by Crippen LogP contribution is 2.16. The van der Waals surface area contributed by atoms with Gasteiger partial charge < -0.3 is 10.6 Å². The third-order valence-corrected chi connectivity index (χ3v) is 2.47. The molecule has 0 amide bonds. The molecule has 0 saturated carbocycles. The minimum absolute atomic E-state index is 0.769. The normalized spacial score (nSPS) is 15.0. The molecular formula is C10H16N4. The van der Waals surface area contributed by atoms with E-state index in [2.05, 4.69) is 27.5 Å². The van der Waals surface area contributed by atoms with Crippen molar-refractivity contribution in [2.24, 2.45) is 0 Å². The molecular weight excluding hydrogens is 176 g/mol. The van der Waals surface area contributed by atoms with Crippen LogP contribution in [0.4, 0.5) is 5.95 Å². The molecule has 76 valence electrons. The van der Waals surface area contributed by atoms with Crippen molar-refractivity contribution in [3.05, 3.63) is 17.0 Å². The van der Waals surface area contributed by atoms with Crippen LogP contribution in [0.15, 0.2) is 0 Å². The van der Waals surface area contributed by atoms with E-state index in [-0.39, 0.29) is 0 Å². The van der Waals surface area contributed by atoms with Crippen molar-refractivity contribution >= 4 is 5.95 Å². The average Bonchev–Trinajstić information content (AvgIpc) is 2.18. The predicted octanol–water partition coefficient (Wildman–Crippen LogP) is 0.863. The van der Waals surface area contributed by atoms with Gasteiger partial charge in [-0.2, -0.15) is 0 Å². The maximum atomic E-state index is 4.50. The van der Waals surface area contributed by atoms with Gasteiger partial charge in [-0.1, -0.05) is 0 Å². The Hall–Kier alpha value is -1.16. The Labute approximate surface area is 84.2 Å². The number of rotatable bonds is 2. The molecule has 1 aromatic rings. The lowest BCUT2D eigenvalue weighted by molar-refractivity contribution is 0.621. The van der Waals surface area contributed by atoms with Gasteiger partial charge in [0.15, 0.2) is 0 Å². The molecule has 0 aliphatic carbocycles. The molecule has 4 heteroatoms. The smallest absolute Gasteiger partial charge is 0.223 e. The topological polar surface area (TPSA) is 49.8 Å². The Bertz CT molecular complexity index is 335. The van der Waals surface area contributed by atoms with Gasteiger partial charge in [-0.15, -0.1) is 0 Å². The van der Waals surface area contributed by atoms with Crippen LogP contribution in [0.3, 0.4) is 0 Å². The van der Waals surface area contributed by atoms with Gasteiger partial charge in [0.25, 0.3) is 0 Å². The number of nitrogens with one attached hydrogen (secondary N) is 2. The lowest BCUT2D eigenvalue weighted by Gasteiger charge is -2.18. The molecule has 4 nitrogen and oxygen atoms in total. The molecule has 0 unspecified atom stereocenters. The predicted molar refractivity (Wildman–Crippen MR) is 56.3 cm³/mol. The van der Waals surface area contributed by atoms with Gasteiger partial charge in [0.2, 0.25) is 5.95 Å². The number of fused-ring (bicyclic) bond motifs is 1. The summed E-state index contributed by atoms with van der Waals surface area (Å²) in [7, 11) is 0. The largest absolute Gasteiger partial charge is 0.354 e. The Kier molecular flexibility index (Phi) is 2.63. The SMILES string of the molecule is CCNc1nc(C)c2c(n1)CCNC2. The van der Waals surface area contributed by atoms with E-state index < -0.39 is 0 Å². The van der Waals surface area contributed by atoms with Crippen molar-refractivity contribution in [2.45, 2.75) is 26.8 Å². The highest BCUT2D eigenvalue weighted by Gasteiger charge is 2.14. The van der Waals surface area contributed by atoms with Gasteiger partial charge >= 0.3 is 0 Å². The molecule has 0 aromatic carbocycles. The second-order valence-corrected chi connectivity index (χ2v) is 3.51. The molecule has 0 spiro atoms. The van der Waals surface area contributed by atoms with Crippen molar-refractivity contribution in [1.82, 2.24) is 15.3 Å². The van der Waals surface area contributed by atoms with E-state index in [4.69, 9.17) is 0 Å². The molecule has 2 heterocycles. The molecule has 0 bridgehead atoms. The Morgan fingerprint density at radius 3 is 3.07 bits per heavy atom. The molecule has 1 aromatic heterocycles. The molecule has 1 aliphatic rings. The van der Waals surface area contributed by atoms with Crippen molar-refractivity contribution < 1.29 is 0 Å². The number of aromatic nitrogens is 2. The fraction of sp³-hybridized carbons (Fsp3) is 0.600. The number of nitrogens with zero attached hydrogens (tertiary/aromatic N) is 2. The maximum Gasteiger partial charge on any atom is 0.223 e. The van der Waals surface area contributed by atoms with E-state index in [1.807, 2.05) is 6.92 Å². The zero-order chi connectivity index (χ0) is 9.97. The number of hydrogen-bond acceptors (Lipinski definition) is 4. The molecule has 2 N–H and O–H groups in total. The fourth-order valence-electron chi connectivity index (χ4n) is 1.75. The summed E-state index contributed by atoms with van der Waals surface area (Å²) >= 11 is 0. The summed E-state index contributed by atoms with van der Waals surface area (Å²) in [6.45, 7) is 6.91. The van der Waals surface area contributed by atoms with E-state index >= 15 is 0 Å². The molecule has 2 rings (SSSR count). The maximum absolute atomic E-state index is 4.50. The van der Waals surface area contributed by atoms with E-state index in [0.717, 1.165) is 37.7 Å². The third kappa shape index (κ3) is 1.70. The standard InChI is InChI=1S/C10H16N4/c1-3-12-10-13-7(2)8-6-11-5-4-9(8)14-10/h11H,3-6H2,1-2H3,(H,12,13,14). The minimum Gasteiger partial charge on any atom is -0.354 e. The second kappa shape index (κ2) is 3.92. The summed E-state index contributed by atoms with van der Waals surface area (Å²) in [6.07, 6.45) is 1.01. The molecule has 0 radical (unpaired) electrons. The number of aryl methyl sites for hydroxylation is 1. The third-order valence-electron chi connectivity index (χ3n) is 2.47. The minimum atomic E-state index is 0.769. The first-order valence-corrected chi connectivity index (χ1v) is 5.12. The Balaban J connectivity index is 2.36. The highest BCUT2D eigenvalue weighted by atomic mass is 15.1. The zero-order valence-corrected chi connectivity index (χ0v) is 8.72. The summed E-state index contributed by atoms with van der Waals surface area (Å²) in [6, 6.07) is 0. The first-order valence-electron chi connectivity index (χ1n) is 5.12. The van der Waals surface area contributed by atoms with Crippen LogP contribution in [0.25, 0.3) is 0 Å². The van der Waals surface area contributed by atoms with Gasteiger partial charge in [0, 0.05) is 37.3 Å². The quantitative estimate of drug-likeness (QED) is 0.729. The molecule has 1 aliphatic heterocycles. The van der Waals surface area contributed by atoms with E-state index in [1.165, 1.54) is 11.3 Å². The summed E-state index contributed by atoms with van der Waals surface area (Å²) in [5, 5.41) is 6.49. The van der Waals surface area contributed by atoms with Gasteiger partial charge in [-0.05, 0) is 13.8 Å². The van der Waals surface area contributed by atoms with Crippen molar-refractivity contribution in [2.75, 3.05) is 18.4 Å². The van der Waals surface area contributed by atoms with Crippen molar-refractivity contribution in [1.29, 1.82) is 0 Å². The van der Waals surface area contributed by atoms with E-state index in [1.54, 1.807) is 0 Å². The fourth-order valence-corrected chi connectivity index (χ4v) is 1.75. The Morgan fingerprint density at radius 1 is 1.43 bits per heavy atom. The Morgan fingerprint density at radius 2 is 2.29 bits per heavy atom. The zero-order valence-electron chi connectivity index (χ0n) is 8.72. The molecule has 0 saturated heterocycles. The van der Waals surface area contributed by atoms with Crippen LogP contribution in [0.2, 0.25) is 0 Å². The van der Waals surface area contributed by atoms with Crippen LogP contribution in [0, 0.1) is 6.92 Å². The first-order chi connectivity index (χ1) is 6.81. The van der Waals surface area contributed by atoms with Crippen molar-refractivity contribution in [3.8, 4) is 0 Å². The summed E-state index contributed by atoms with van der Waals surface area (Å²) < 4.78 is 0. The van der Waals surface area contributed by atoms with Crippen LogP contribution >= 0.6 is 0 Å². The summed E-state index contributed by atoms with van der Waals surface area (Å²) in [5.74, 6) is 0.769. The van der Waals surface area contributed by atoms with Gasteiger partial charge in [0.05, 0.1) is 5.69 Å². The highest BCUT2D eigenvalue weighted by molar-refractivity contribution is 5.35. The first kappa shape index (κ1) is 9.40. The van der Waals surface area contributed by atoms with Crippen LogP contribution in [-0.4, -0.2) is 23.1 Å². The summed E-state index contributed by atoms with van der Waals surface area (Å²) in [5.41, 5.74) is 3.57. The van der Waals surface area contributed by atoms with Crippen LogP contribution in [0.5, 0.6) is 0 Å². The van der Waals surface area contributed by atoms with E-state index in [0.29, 0.717) is 0 Å². The van der Waals surface area contributed by atoms with Crippen LogP contribution < -0.4 is 10.6 Å². The number of hydrogen-bond donors (Lipinski definition) is 2. The lowest BCUT2D eigenvalue weighted by atomic mass is 10.1. The van der Waals surface area contributed by atoms with Crippen molar-refractivity contribution in [3.63, 3.8) is 0 Å². The molecule has 0 fully saturated rings. The van der Waals surface area contributed by atoms with Gasteiger partial charge in [0.1, 0.15) is 0 Å². The van der Waals surface area contributed by atoms with E-state index in [9.17, 15) is 0 Å². The summed E-state index contributed by atoms with van der Waals surface area (Å²) in [4.78, 5) is 8.92.